The third-order valence-corrected chi connectivity index (χ3v) is 2.09. The maximum absolute atomic E-state index is 4.42. The SMILES string of the molecule is C=C(C)\C=C/C(/C=N/C(/C=C\C(=C)C)=C/C)=C\C. The maximum atomic E-state index is 4.42. The van der Waals surface area contributed by atoms with Gasteiger partial charge in [0.2, 0.25) is 0 Å². The van der Waals surface area contributed by atoms with Gasteiger partial charge in [0.25, 0.3) is 0 Å². The lowest BCUT2D eigenvalue weighted by molar-refractivity contribution is 1.38. The highest BCUT2D eigenvalue weighted by Crippen LogP contribution is 2.04. The molecular formula is C17H23N. The summed E-state index contributed by atoms with van der Waals surface area (Å²) in [5.74, 6) is 0. The summed E-state index contributed by atoms with van der Waals surface area (Å²) in [6, 6.07) is 0. The Morgan fingerprint density at radius 2 is 1.39 bits per heavy atom. The average Bonchev–Trinajstić information content (AvgIpc) is 2.32. The first kappa shape index (κ1) is 16.1. The molecule has 0 amide bonds. The molecule has 0 aromatic heterocycles. The molecule has 0 aliphatic rings. The van der Waals surface area contributed by atoms with Crippen LogP contribution in [0.3, 0.4) is 0 Å². The van der Waals surface area contributed by atoms with Gasteiger partial charge in [0.15, 0.2) is 0 Å². The highest BCUT2D eigenvalue weighted by atomic mass is 14.7. The van der Waals surface area contributed by atoms with Crippen molar-refractivity contribution in [2.24, 2.45) is 4.99 Å². The second-order valence-electron chi connectivity index (χ2n) is 4.12. The van der Waals surface area contributed by atoms with Crippen LogP contribution in [0.25, 0.3) is 0 Å². The first-order valence-corrected chi connectivity index (χ1v) is 6.03. The zero-order chi connectivity index (χ0) is 14.0. The number of rotatable bonds is 6. The number of aliphatic imine (C=N–C) groups is 1. The highest BCUT2D eigenvalue weighted by Gasteiger charge is 1.88. The van der Waals surface area contributed by atoms with Crippen LogP contribution in [0.4, 0.5) is 0 Å². The zero-order valence-corrected chi connectivity index (χ0v) is 11.9. The Kier molecular flexibility index (Phi) is 8.21. The van der Waals surface area contributed by atoms with Crippen LogP contribution in [-0.4, -0.2) is 6.21 Å². The minimum absolute atomic E-state index is 0.918. The molecule has 0 saturated heterocycles. The van der Waals surface area contributed by atoms with E-state index in [1.807, 2.05) is 70.4 Å². The minimum Gasteiger partial charge on any atom is -0.257 e. The zero-order valence-electron chi connectivity index (χ0n) is 11.9. The van der Waals surface area contributed by atoms with E-state index in [9.17, 15) is 0 Å². The first-order valence-electron chi connectivity index (χ1n) is 6.03. The number of nitrogens with zero attached hydrogens (tertiary/aromatic N) is 1. The van der Waals surface area contributed by atoms with Crippen LogP contribution in [0.1, 0.15) is 27.7 Å². The summed E-state index contributed by atoms with van der Waals surface area (Å²) in [4.78, 5) is 4.42. The van der Waals surface area contributed by atoms with E-state index in [1.165, 1.54) is 0 Å². The summed E-state index contributed by atoms with van der Waals surface area (Å²) in [5, 5.41) is 0. The quantitative estimate of drug-likeness (QED) is 0.449. The van der Waals surface area contributed by atoms with Gasteiger partial charge in [0.1, 0.15) is 0 Å². The van der Waals surface area contributed by atoms with Gasteiger partial charge < -0.3 is 0 Å². The van der Waals surface area contributed by atoms with Crippen LogP contribution in [0.15, 0.2) is 77.0 Å². The number of hydrogen-bond donors (Lipinski definition) is 0. The molecular weight excluding hydrogens is 218 g/mol. The van der Waals surface area contributed by atoms with Crippen molar-refractivity contribution in [3.05, 3.63) is 72.0 Å². The van der Waals surface area contributed by atoms with Gasteiger partial charge in [-0.15, -0.1) is 0 Å². The van der Waals surface area contributed by atoms with Crippen LogP contribution < -0.4 is 0 Å². The molecule has 0 atom stereocenters. The normalized spacial score (nSPS) is 14.0. The van der Waals surface area contributed by atoms with Gasteiger partial charge >= 0.3 is 0 Å². The summed E-state index contributed by atoms with van der Waals surface area (Å²) in [5.41, 5.74) is 4.01. The molecule has 0 bridgehead atoms. The van der Waals surface area contributed by atoms with Gasteiger partial charge in [0.05, 0.1) is 5.70 Å². The molecule has 0 aliphatic carbocycles. The number of allylic oxidation sites excluding steroid dienone is 9. The highest BCUT2D eigenvalue weighted by molar-refractivity contribution is 5.83. The molecule has 0 radical (unpaired) electrons. The molecule has 1 heteroatoms. The molecule has 0 aromatic rings. The van der Waals surface area contributed by atoms with Crippen molar-refractivity contribution in [3.8, 4) is 0 Å². The third-order valence-electron chi connectivity index (χ3n) is 2.09. The lowest BCUT2D eigenvalue weighted by Crippen LogP contribution is -1.81. The van der Waals surface area contributed by atoms with Gasteiger partial charge in [0, 0.05) is 6.21 Å². The van der Waals surface area contributed by atoms with Crippen LogP contribution in [0, 0.1) is 0 Å². The molecule has 1 nitrogen and oxygen atoms in total. The van der Waals surface area contributed by atoms with E-state index < -0.39 is 0 Å². The molecule has 0 spiro atoms. The third kappa shape index (κ3) is 8.28. The van der Waals surface area contributed by atoms with Crippen molar-refractivity contribution in [3.63, 3.8) is 0 Å². The summed E-state index contributed by atoms with van der Waals surface area (Å²) in [6.07, 6.45) is 13.7. The molecule has 0 heterocycles. The van der Waals surface area contributed by atoms with Crippen molar-refractivity contribution in [1.29, 1.82) is 0 Å². The largest absolute Gasteiger partial charge is 0.257 e. The van der Waals surface area contributed by atoms with Gasteiger partial charge in [-0.1, -0.05) is 54.7 Å². The molecule has 18 heavy (non-hydrogen) atoms. The lowest BCUT2D eigenvalue weighted by atomic mass is 10.2. The first-order chi connectivity index (χ1) is 8.49. The Labute approximate surface area is 111 Å². The molecule has 0 aliphatic heterocycles. The molecule has 0 saturated carbocycles. The van der Waals surface area contributed by atoms with Crippen molar-refractivity contribution in [2.75, 3.05) is 0 Å². The lowest BCUT2D eigenvalue weighted by Gasteiger charge is -1.95. The fourth-order valence-electron chi connectivity index (χ4n) is 1.04. The van der Waals surface area contributed by atoms with Crippen LogP contribution >= 0.6 is 0 Å². The second kappa shape index (κ2) is 9.17. The van der Waals surface area contributed by atoms with Crippen LogP contribution in [-0.2, 0) is 0 Å². The van der Waals surface area contributed by atoms with Crippen molar-refractivity contribution < 1.29 is 0 Å². The summed E-state index contributed by atoms with van der Waals surface area (Å²) >= 11 is 0. The molecule has 0 aromatic carbocycles. The van der Waals surface area contributed by atoms with Crippen LogP contribution in [0.5, 0.6) is 0 Å². The van der Waals surface area contributed by atoms with Gasteiger partial charge in [-0.25, -0.2) is 0 Å². The van der Waals surface area contributed by atoms with Crippen molar-refractivity contribution in [2.45, 2.75) is 27.7 Å². The molecule has 0 rings (SSSR count). The van der Waals surface area contributed by atoms with E-state index in [0.717, 1.165) is 22.4 Å². The molecule has 0 fully saturated rings. The summed E-state index contributed by atoms with van der Waals surface area (Å²) in [7, 11) is 0. The predicted molar refractivity (Wildman–Crippen MR) is 83.9 cm³/mol. The van der Waals surface area contributed by atoms with E-state index in [4.69, 9.17) is 0 Å². The smallest absolute Gasteiger partial charge is 0.0587 e. The maximum Gasteiger partial charge on any atom is 0.0587 e. The molecule has 96 valence electrons. The average molecular weight is 241 g/mol. The van der Waals surface area contributed by atoms with Gasteiger partial charge in [-0.2, -0.15) is 0 Å². The second-order valence-corrected chi connectivity index (χ2v) is 4.12. The minimum atomic E-state index is 0.918. The Hall–Kier alpha value is -1.89. The van der Waals surface area contributed by atoms with E-state index in [-0.39, 0.29) is 0 Å². The van der Waals surface area contributed by atoms with Crippen LogP contribution in [0.2, 0.25) is 0 Å². The predicted octanol–water partition coefficient (Wildman–Crippen LogP) is 5.17. The van der Waals surface area contributed by atoms with Crippen molar-refractivity contribution >= 4 is 6.21 Å². The summed E-state index contributed by atoms with van der Waals surface area (Å²) < 4.78 is 0. The topological polar surface area (TPSA) is 12.4 Å². The number of hydrogen-bond acceptors (Lipinski definition) is 1. The monoisotopic (exact) mass is 241 g/mol. The van der Waals surface area contributed by atoms with E-state index >= 15 is 0 Å². The Bertz CT molecular complexity index is 398. The van der Waals surface area contributed by atoms with E-state index in [0.29, 0.717) is 0 Å². The fraction of sp³-hybridized carbons (Fsp3) is 0.235. The molecule has 0 unspecified atom stereocenters. The standard InChI is InChI=1S/C17H23N/c1-7-16(11-9-14(3)4)13-18-17(8-2)12-10-15(5)6/h7-13H,3,5H2,1-2,4,6H3/b11-9-,12-10-,16-7+,17-8+,18-13+. The van der Waals surface area contributed by atoms with Crippen molar-refractivity contribution in [1.82, 2.24) is 0 Å². The summed E-state index contributed by atoms with van der Waals surface area (Å²) in [6.45, 7) is 15.5. The molecule has 0 N–H and O–H groups in total. The fourth-order valence-corrected chi connectivity index (χ4v) is 1.04. The Morgan fingerprint density at radius 3 is 1.83 bits per heavy atom. The van der Waals surface area contributed by atoms with Gasteiger partial charge in [-0.05, 0) is 39.3 Å². The van der Waals surface area contributed by atoms with E-state index in [1.54, 1.807) is 0 Å². The Balaban J connectivity index is 4.78. The van der Waals surface area contributed by atoms with Gasteiger partial charge in [-0.3, -0.25) is 4.99 Å². The van der Waals surface area contributed by atoms with E-state index in [2.05, 4.69) is 18.2 Å². The Morgan fingerprint density at radius 1 is 0.833 bits per heavy atom.